The summed E-state index contributed by atoms with van der Waals surface area (Å²) in [7, 11) is 0. The summed E-state index contributed by atoms with van der Waals surface area (Å²) in [5.74, 6) is -3.31. The van der Waals surface area contributed by atoms with E-state index in [1.165, 1.54) is 6.33 Å². The summed E-state index contributed by atoms with van der Waals surface area (Å²) >= 11 is 0. The molecule has 6 rings (SSSR count). The van der Waals surface area contributed by atoms with Crippen molar-refractivity contribution in [2.75, 3.05) is 0 Å². The van der Waals surface area contributed by atoms with Crippen molar-refractivity contribution in [3.05, 3.63) is 42.0 Å². The molecule has 0 bridgehead atoms. The Hall–Kier alpha value is -3.65. The second kappa shape index (κ2) is 11.5. The van der Waals surface area contributed by atoms with Crippen LogP contribution in [0.25, 0.3) is 5.78 Å². The van der Waals surface area contributed by atoms with Crippen molar-refractivity contribution < 1.29 is 31.5 Å². The van der Waals surface area contributed by atoms with Crippen molar-refractivity contribution in [1.82, 2.24) is 39.8 Å². The van der Waals surface area contributed by atoms with Crippen LogP contribution >= 0.6 is 0 Å². The van der Waals surface area contributed by atoms with Gasteiger partial charge in [0.1, 0.15) is 6.33 Å². The average molecular weight is 609 g/mol. The van der Waals surface area contributed by atoms with E-state index in [2.05, 4.69) is 30.7 Å². The highest BCUT2D eigenvalue weighted by Gasteiger charge is 2.40. The molecule has 0 spiro atoms. The molecule has 0 saturated heterocycles. The van der Waals surface area contributed by atoms with Gasteiger partial charge in [0.15, 0.2) is 0 Å². The van der Waals surface area contributed by atoms with Crippen LogP contribution in [0.3, 0.4) is 0 Å². The van der Waals surface area contributed by atoms with Crippen molar-refractivity contribution in [2.45, 2.75) is 94.9 Å². The molecule has 0 radical (unpaired) electrons. The number of rotatable bonds is 11. The number of halogens is 5. The number of amides is 2. The molecule has 43 heavy (non-hydrogen) atoms. The quantitative estimate of drug-likeness (QED) is 0.298. The van der Waals surface area contributed by atoms with Gasteiger partial charge in [0.25, 0.3) is 5.91 Å². The van der Waals surface area contributed by atoms with Gasteiger partial charge in [-0.25, -0.2) is 28.4 Å². The molecule has 15 heteroatoms. The van der Waals surface area contributed by atoms with Crippen LogP contribution in [-0.2, 0) is 11.3 Å². The van der Waals surface area contributed by atoms with E-state index in [1.54, 1.807) is 27.5 Å². The van der Waals surface area contributed by atoms with Gasteiger partial charge in [-0.05, 0) is 62.3 Å². The van der Waals surface area contributed by atoms with Crippen LogP contribution in [0.4, 0.5) is 22.0 Å². The zero-order chi connectivity index (χ0) is 30.4. The number of alkyl halides is 5. The summed E-state index contributed by atoms with van der Waals surface area (Å²) in [5.41, 5.74) is 0.914. The highest BCUT2D eigenvalue weighted by Crippen LogP contribution is 2.42. The minimum absolute atomic E-state index is 0.0585. The maximum Gasteiger partial charge on any atom is 0.389 e. The van der Waals surface area contributed by atoms with E-state index in [0.717, 1.165) is 25.7 Å². The van der Waals surface area contributed by atoms with Gasteiger partial charge in [0, 0.05) is 38.2 Å². The Balaban J connectivity index is 1.24. The molecule has 2 amide bonds. The molecule has 2 N–H and O–H groups in total. The Kier molecular flexibility index (Phi) is 7.84. The van der Waals surface area contributed by atoms with Crippen molar-refractivity contribution in [2.24, 2.45) is 17.8 Å². The third-order valence-corrected chi connectivity index (χ3v) is 8.52. The van der Waals surface area contributed by atoms with Crippen LogP contribution in [0.1, 0.15) is 98.3 Å². The number of carbonyl (C=O) groups excluding carboxylic acids is 2. The molecule has 10 nitrogen and oxygen atoms in total. The summed E-state index contributed by atoms with van der Waals surface area (Å²) in [6.07, 6.45) is 1.92. The fourth-order valence-electron chi connectivity index (χ4n) is 5.74. The molecule has 232 valence electrons. The van der Waals surface area contributed by atoms with Crippen LogP contribution in [-0.4, -0.2) is 53.0 Å². The largest absolute Gasteiger partial charge is 0.389 e. The Morgan fingerprint density at radius 3 is 2.33 bits per heavy atom. The minimum Gasteiger partial charge on any atom is -0.347 e. The highest BCUT2D eigenvalue weighted by atomic mass is 19.4. The summed E-state index contributed by atoms with van der Waals surface area (Å²) in [4.78, 5) is 39.1. The molecule has 0 unspecified atom stereocenters. The van der Waals surface area contributed by atoms with E-state index in [9.17, 15) is 31.5 Å². The third-order valence-electron chi connectivity index (χ3n) is 8.52. The molecule has 0 aliphatic heterocycles. The molecular formula is C28H33F5N8O2. The average Bonchev–Trinajstić information content (AvgIpc) is 3.87. The lowest BCUT2D eigenvalue weighted by Crippen LogP contribution is -2.38. The first-order valence-electron chi connectivity index (χ1n) is 14.7. The SMILES string of the molecule is O=C(CCC(F)(F)F)N[C@@H](c1ccn2cc([C@@H](NC(=O)c3ncnn3CC3CC3)C3CCC(F)(F)CC3)nc2n1)C1CC1. The number of hydrogen-bond donors (Lipinski definition) is 2. The predicted octanol–water partition coefficient (Wildman–Crippen LogP) is 4.94. The Morgan fingerprint density at radius 2 is 1.65 bits per heavy atom. The Labute approximate surface area is 243 Å². The van der Waals surface area contributed by atoms with Crippen LogP contribution in [0.2, 0.25) is 0 Å². The first-order valence-corrected chi connectivity index (χ1v) is 14.7. The molecule has 3 aromatic heterocycles. The lowest BCUT2D eigenvalue weighted by Gasteiger charge is -2.33. The summed E-state index contributed by atoms with van der Waals surface area (Å²) in [6, 6.07) is 0.432. The Morgan fingerprint density at radius 1 is 0.977 bits per heavy atom. The number of nitrogens with one attached hydrogen (secondary N) is 2. The number of nitrogens with zero attached hydrogens (tertiary/aromatic N) is 6. The molecule has 3 aliphatic rings. The van der Waals surface area contributed by atoms with Crippen molar-refractivity contribution in [1.29, 1.82) is 0 Å². The van der Waals surface area contributed by atoms with Gasteiger partial charge < -0.3 is 10.6 Å². The fraction of sp³-hybridized carbons (Fsp3) is 0.643. The molecule has 3 heterocycles. The molecule has 3 saturated carbocycles. The van der Waals surface area contributed by atoms with E-state index in [4.69, 9.17) is 0 Å². The van der Waals surface area contributed by atoms with Gasteiger partial charge in [-0.15, -0.1) is 0 Å². The van der Waals surface area contributed by atoms with Crippen LogP contribution < -0.4 is 10.6 Å². The maximum atomic E-state index is 14.0. The number of fused-ring (bicyclic) bond motifs is 1. The minimum atomic E-state index is -4.43. The van der Waals surface area contributed by atoms with Gasteiger partial charge in [-0.3, -0.25) is 14.0 Å². The zero-order valence-corrected chi connectivity index (χ0v) is 23.4. The van der Waals surface area contributed by atoms with Gasteiger partial charge in [-0.2, -0.15) is 18.3 Å². The van der Waals surface area contributed by atoms with Crippen molar-refractivity contribution >= 4 is 17.6 Å². The molecule has 3 aromatic rings. The summed E-state index contributed by atoms with van der Waals surface area (Å²) in [5, 5.41) is 9.87. The first-order chi connectivity index (χ1) is 20.4. The summed E-state index contributed by atoms with van der Waals surface area (Å²) in [6.45, 7) is 0.582. The lowest BCUT2D eigenvalue weighted by molar-refractivity contribution is -0.144. The van der Waals surface area contributed by atoms with E-state index in [1.807, 2.05) is 0 Å². The summed E-state index contributed by atoms with van der Waals surface area (Å²) < 4.78 is 69.1. The highest BCUT2D eigenvalue weighted by molar-refractivity contribution is 5.90. The number of hydrogen-bond acceptors (Lipinski definition) is 6. The number of imidazole rings is 1. The molecule has 3 fully saturated rings. The van der Waals surface area contributed by atoms with Crippen LogP contribution in [0.5, 0.6) is 0 Å². The Bertz CT molecular complexity index is 1470. The second-order valence-corrected chi connectivity index (χ2v) is 12.1. The lowest BCUT2D eigenvalue weighted by atomic mass is 9.81. The van der Waals surface area contributed by atoms with E-state index < -0.39 is 48.8 Å². The van der Waals surface area contributed by atoms with E-state index in [0.29, 0.717) is 23.9 Å². The normalized spacial score (nSPS) is 20.6. The van der Waals surface area contributed by atoms with Crippen molar-refractivity contribution in [3.63, 3.8) is 0 Å². The zero-order valence-electron chi connectivity index (χ0n) is 23.4. The van der Waals surface area contributed by atoms with Crippen LogP contribution in [0, 0.1) is 17.8 Å². The van der Waals surface area contributed by atoms with Gasteiger partial charge in [0.05, 0.1) is 29.9 Å². The fourth-order valence-corrected chi connectivity index (χ4v) is 5.74. The van der Waals surface area contributed by atoms with Crippen LogP contribution in [0.15, 0.2) is 24.8 Å². The molecule has 3 aliphatic carbocycles. The van der Waals surface area contributed by atoms with Gasteiger partial charge in [0.2, 0.25) is 23.4 Å². The standard InChI is InChI=1S/C28H33F5N8O2/c29-27(30)9-5-18(6-10-27)23(39-25(43)24-34-15-35-41(24)13-16-1-2-16)20-14-40-12-8-19(36-26(40)37-20)22(17-3-4-17)38-21(42)7-11-28(31,32)33/h8,12,14-18,22-23H,1-7,9-11,13H2,(H,38,42)(H,39,43)/t22-,23+/m1/s1. The molecule has 0 aromatic carbocycles. The first kappa shape index (κ1) is 29.4. The number of carbonyl (C=O) groups is 2. The maximum absolute atomic E-state index is 14.0. The monoisotopic (exact) mass is 608 g/mol. The van der Waals surface area contributed by atoms with Gasteiger partial charge >= 0.3 is 6.18 Å². The third kappa shape index (κ3) is 7.29. The topological polar surface area (TPSA) is 119 Å². The number of aromatic nitrogens is 6. The predicted molar refractivity (Wildman–Crippen MR) is 142 cm³/mol. The van der Waals surface area contributed by atoms with E-state index >= 15 is 0 Å². The smallest absolute Gasteiger partial charge is 0.347 e. The van der Waals surface area contributed by atoms with Gasteiger partial charge in [-0.1, -0.05) is 0 Å². The van der Waals surface area contributed by atoms with E-state index in [-0.39, 0.29) is 49.1 Å². The second-order valence-electron chi connectivity index (χ2n) is 12.1. The molecule has 2 atom stereocenters. The molecular weight excluding hydrogens is 575 g/mol. The van der Waals surface area contributed by atoms with Crippen molar-refractivity contribution in [3.8, 4) is 0 Å².